The lowest BCUT2D eigenvalue weighted by Crippen LogP contribution is -2.37. The second-order valence-electron chi connectivity index (χ2n) is 9.61. The normalized spacial score (nSPS) is 16.1. The van der Waals surface area contributed by atoms with E-state index in [0.29, 0.717) is 17.2 Å². The lowest BCUT2D eigenvalue weighted by molar-refractivity contribution is -0.140. The number of pyridine rings is 1. The number of rotatable bonds is 8. The molecule has 0 spiro atoms. The average molecular weight is 505 g/mol. The SMILES string of the molecule is COC(=O)CC(c1ccc2c(c1)OCO2)c1cnc2ccc(OCC(=O)NC3CCCCCC3)cc2c1. The number of fused-ring (bicyclic) bond motifs is 2. The summed E-state index contributed by atoms with van der Waals surface area (Å²) in [6.07, 6.45) is 8.81. The average Bonchev–Trinajstić information content (AvgIpc) is 3.25. The van der Waals surface area contributed by atoms with Gasteiger partial charge in [0.1, 0.15) is 5.75 Å². The number of benzene rings is 2. The fourth-order valence-corrected chi connectivity index (χ4v) is 5.06. The third-order valence-electron chi connectivity index (χ3n) is 7.06. The Kier molecular flexibility index (Phi) is 7.73. The molecule has 1 aliphatic carbocycles. The van der Waals surface area contributed by atoms with E-state index in [2.05, 4.69) is 10.3 Å². The Labute approximate surface area is 216 Å². The zero-order chi connectivity index (χ0) is 25.6. The smallest absolute Gasteiger partial charge is 0.306 e. The largest absolute Gasteiger partial charge is 0.484 e. The first kappa shape index (κ1) is 24.9. The van der Waals surface area contributed by atoms with Crippen molar-refractivity contribution in [1.29, 1.82) is 0 Å². The van der Waals surface area contributed by atoms with Crippen LogP contribution < -0.4 is 19.5 Å². The second kappa shape index (κ2) is 11.5. The number of nitrogens with zero attached hydrogens (tertiary/aromatic N) is 1. The standard InChI is InChI=1S/C29H32N2O6/c1-34-29(33)15-24(19-8-11-26-27(14-19)37-18-36-26)21-12-20-13-23(9-10-25(20)30-16-21)35-17-28(32)31-22-6-4-2-3-5-7-22/h8-14,16,22,24H,2-7,15,17-18H2,1H3,(H,31,32). The first-order chi connectivity index (χ1) is 18.1. The van der Waals surface area contributed by atoms with Gasteiger partial charge in [0.2, 0.25) is 6.79 Å². The van der Waals surface area contributed by atoms with Gasteiger partial charge in [-0.25, -0.2) is 0 Å². The summed E-state index contributed by atoms with van der Waals surface area (Å²) in [6, 6.07) is 13.5. The molecular formula is C29H32N2O6. The number of amides is 1. The highest BCUT2D eigenvalue weighted by Gasteiger charge is 2.23. The van der Waals surface area contributed by atoms with Crippen molar-refractivity contribution in [1.82, 2.24) is 10.3 Å². The minimum absolute atomic E-state index is 0.0305. The van der Waals surface area contributed by atoms with Crippen LogP contribution in [0.15, 0.2) is 48.7 Å². The highest BCUT2D eigenvalue weighted by Crippen LogP contribution is 2.38. The van der Waals surface area contributed by atoms with Crippen molar-refractivity contribution in [3.63, 3.8) is 0 Å². The van der Waals surface area contributed by atoms with Crippen LogP contribution in [0.5, 0.6) is 17.2 Å². The minimum Gasteiger partial charge on any atom is -0.484 e. The van der Waals surface area contributed by atoms with Crippen molar-refractivity contribution >= 4 is 22.8 Å². The number of nitrogens with one attached hydrogen (secondary N) is 1. The molecule has 1 aromatic heterocycles. The predicted molar refractivity (Wildman–Crippen MR) is 138 cm³/mol. The van der Waals surface area contributed by atoms with Crippen LogP contribution in [-0.4, -0.2) is 43.4 Å². The molecule has 1 unspecified atom stereocenters. The molecule has 1 atom stereocenters. The zero-order valence-corrected chi connectivity index (χ0v) is 21.0. The Morgan fingerprint density at radius 2 is 1.81 bits per heavy atom. The van der Waals surface area contributed by atoms with Crippen LogP contribution in [0.1, 0.15) is 62.0 Å². The van der Waals surface area contributed by atoms with Crippen LogP contribution in [-0.2, 0) is 14.3 Å². The van der Waals surface area contributed by atoms with Crippen molar-refractivity contribution in [2.75, 3.05) is 20.5 Å². The maximum absolute atomic E-state index is 12.5. The summed E-state index contributed by atoms with van der Waals surface area (Å²) in [7, 11) is 1.38. The Bertz CT molecular complexity index is 1270. The van der Waals surface area contributed by atoms with Gasteiger partial charge in [0, 0.05) is 23.5 Å². The maximum atomic E-state index is 12.5. The van der Waals surface area contributed by atoms with Crippen molar-refractivity contribution in [2.45, 2.75) is 56.9 Å². The fourth-order valence-electron chi connectivity index (χ4n) is 5.06. The molecule has 8 nitrogen and oxygen atoms in total. The minimum atomic E-state index is -0.320. The molecule has 1 N–H and O–H groups in total. The molecule has 8 heteroatoms. The number of hydrogen-bond donors (Lipinski definition) is 1. The lowest BCUT2D eigenvalue weighted by Gasteiger charge is -2.18. The van der Waals surface area contributed by atoms with Gasteiger partial charge in [-0.2, -0.15) is 0 Å². The summed E-state index contributed by atoms with van der Waals surface area (Å²) in [5.41, 5.74) is 2.56. The number of esters is 1. The van der Waals surface area contributed by atoms with Gasteiger partial charge < -0.3 is 24.3 Å². The first-order valence-electron chi connectivity index (χ1n) is 12.9. The summed E-state index contributed by atoms with van der Waals surface area (Å²) < 4.78 is 21.8. The molecule has 2 aliphatic rings. The van der Waals surface area contributed by atoms with E-state index in [9.17, 15) is 9.59 Å². The number of ether oxygens (including phenoxy) is 4. The van der Waals surface area contributed by atoms with E-state index in [-0.39, 0.29) is 43.7 Å². The van der Waals surface area contributed by atoms with Crippen LogP contribution in [0, 0.1) is 0 Å². The van der Waals surface area contributed by atoms with E-state index in [1.54, 1.807) is 6.20 Å². The molecule has 1 saturated carbocycles. The van der Waals surface area contributed by atoms with Gasteiger partial charge in [0.25, 0.3) is 5.91 Å². The molecule has 37 heavy (non-hydrogen) atoms. The highest BCUT2D eigenvalue weighted by molar-refractivity contribution is 5.82. The van der Waals surface area contributed by atoms with Crippen LogP contribution >= 0.6 is 0 Å². The quantitative estimate of drug-likeness (QED) is 0.345. The zero-order valence-electron chi connectivity index (χ0n) is 21.0. The van der Waals surface area contributed by atoms with Gasteiger partial charge in [-0.1, -0.05) is 31.7 Å². The molecule has 194 valence electrons. The van der Waals surface area contributed by atoms with E-state index in [1.165, 1.54) is 20.0 Å². The number of methoxy groups -OCH3 is 1. The van der Waals surface area contributed by atoms with E-state index >= 15 is 0 Å². The summed E-state index contributed by atoms with van der Waals surface area (Å²) in [5, 5.41) is 3.97. The maximum Gasteiger partial charge on any atom is 0.306 e. The van der Waals surface area contributed by atoms with Gasteiger partial charge >= 0.3 is 5.97 Å². The highest BCUT2D eigenvalue weighted by atomic mass is 16.7. The van der Waals surface area contributed by atoms with Crippen molar-refractivity contribution in [3.05, 3.63) is 59.8 Å². The molecule has 0 saturated heterocycles. The molecule has 0 bridgehead atoms. The molecule has 0 radical (unpaired) electrons. The topological polar surface area (TPSA) is 96.0 Å². The third kappa shape index (κ3) is 6.13. The van der Waals surface area contributed by atoms with Crippen molar-refractivity contribution < 1.29 is 28.5 Å². The molecule has 1 aliphatic heterocycles. The van der Waals surface area contributed by atoms with Gasteiger partial charge in [0.15, 0.2) is 18.1 Å². The lowest BCUT2D eigenvalue weighted by atomic mass is 9.88. The number of carbonyl (C=O) groups is 2. The Hall–Kier alpha value is -3.81. The molecule has 5 rings (SSSR count). The van der Waals surface area contributed by atoms with Crippen molar-refractivity contribution in [3.8, 4) is 17.2 Å². The van der Waals surface area contributed by atoms with Crippen LogP contribution in [0.3, 0.4) is 0 Å². The van der Waals surface area contributed by atoms with Gasteiger partial charge in [-0.15, -0.1) is 0 Å². The monoisotopic (exact) mass is 504 g/mol. The Morgan fingerprint density at radius 3 is 2.62 bits per heavy atom. The van der Waals surface area contributed by atoms with E-state index in [0.717, 1.165) is 47.7 Å². The van der Waals surface area contributed by atoms with E-state index < -0.39 is 0 Å². The number of aromatic nitrogens is 1. The molecule has 2 heterocycles. The molecular weight excluding hydrogens is 472 g/mol. The molecule has 3 aromatic rings. The van der Waals surface area contributed by atoms with Gasteiger partial charge in [-0.3, -0.25) is 14.6 Å². The number of carbonyl (C=O) groups excluding carboxylic acids is 2. The van der Waals surface area contributed by atoms with Crippen LogP contribution in [0.2, 0.25) is 0 Å². The van der Waals surface area contributed by atoms with Crippen LogP contribution in [0.4, 0.5) is 0 Å². The van der Waals surface area contributed by atoms with Gasteiger partial charge in [0.05, 0.1) is 19.0 Å². The van der Waals surface area contributed by atoms with Crippen molar-refractivity contribution in [2.24, 2.45) is 0 Å². The van der Waals surface area contributed by atoms with E-state index in [4.69, 9.17) is 18.9 Å². The molecule has 1 fully saturated rings. The second-order valence-corrected chi connectivity index (χ2v) is 9.61. The van der Waals surface area contributed by atoms with E-state index in [1.807, 2.05) is 42.5 Å². The molecule has 1 amide bonds. The first-order valence-corrected chi connectivity index (χ1v) is 12.9. The predicted octanol–water partition coefficient (Wildman–Crippen LogP) is 4.88. The van der Waals surface area contributed by atoms with Gasteiger partial charge in [-0.05, 0) is 60.4 Å². The Morgan fingerprint density at radius 1 is 1.00 bits per heavy atom. The molecule has 2 aromatic carbocycles. The third-order valence-corrected chi connectivity index (χ3v) is 7.06. The fraction of sp³-hybridized carbons (Fsp3) is 0.414. The Balaban J connectivity index is 1.33. The van der Waals surface area contributed by atoms with Crippen LogP contribution in [0.25, 0.3) is 10.9 Å². The summed E-state index contributed by atoms with van der Waals surface area (Å²) in [5.74, 6) is 1.23. The number of hydrogen-bond acceptors (Lipinski definition) is 7. The summed E-state index contributed by atoms with van der Waals surface area (Å²) in [4.78, 5) is 29.3. The summed E-state index contributed by atoms with van der Waals surface area (Å²) in [6.45, 7) is 0.150. The summed E-state index contributed by atoms with van der Waals surface area (Å²) >= 11 is 0.